The van der Waals surface area contributed by atoms with E-state index in [9.17, 15) is 14.4 Å². The highest BCUT2D eigenvalue weighted by Crippen LogP contribution is 2.36. The number of aromatic nitrogens is 1. The van der Waals surface area contributed by atoms with Crippen LogP contribution in [0.25, 0.3) is 10.9 Å². The molecule has 6 nitrogen and oxygen atoms in total. The predicted octanol–water partition coefficient (Wildman–Crippen LogP) is 5.00. The summed E-state index contributed by atoms with van der Waals surface area (Å²) in [6.45, 7) is 3.64. The zero-order valence-corrected chi connectivity index (χ0v) is 15.9. The Balaban J connectivity index is 2.19. The van der Waals surface area contributed by atoms with Gasteiger partial charge in [0, 0.05) is 30.3 Å². The number of ether oxygens (including phenoxy) is 1. The first-order chi connectivity index (χ1) is 13.4. The van der Waals surface area contributed by atoms with Gasteiger partial charge in [-0.05, 0) is 31.2 Å². The van der Waals surface area contributed by atoms with Crippen LogP contribution in [0.3, 0.4) is 0 Å². The third-order valence-electron chi connectivity index (χ3n) is 3.89. The van der Waals surface area contributed by atoms with Gasteiger partial charge in [0.15, 0.2) is 0 Å². The third kappa shape index (κ3) is 3.97. The van der Waals surface area contributed by atoms with Crippen molar-refractivity contribution in [2.45, 2.75) is 13.8 Å². The Morgan fingerprint density at radius 3 is 2.79 bits per heavy atom. The van der Waals surface area contributed by atoms with E-state index in [1.807, 2.05) is 6.92 Å². The molecule has 142 valence electrons. The van der Waals surface area contributed by atoms with Crippen molar-refractivity contribution < 1.29 is 13.9 Å². The van der Waals surface area contributed by atoms with Crippen LogP contribution in [0.1, 0.15) is 19.4 Å². The Kier molecular flexibility index (Phi) is 5.62. The number of fused-ring (bicyclic) bond motifs is 1. The van der Waals surface area contributed by atoms with Gasteiger partial charge in [-0.15, -0.1) is 0 Å². The second-order valence-corrected chi connectivity index (χ2v) is 6.30. The molecule has 2 N–H and O–H groups in total. The van der Waals surface area contributed by atoms with Crippen LogP contribution in [-0.4, -0.2) is 17.5 Å². The maximum Gasteiger partial charge on any atom is 0.221 e. The van der Waals surface area contributed by atoms with E-state index in [0.29, 0.717) is 40.3 Å². The summed E-state index contributed by atoms with van der Waals surface area (Å²) in [6, 6.07) is 9.62. The van der Waals surface area contributed by atoms with Crippen molar-refractivity contribution in [2.24, 2.45) is 0 Å². The van der Waals surface area contributed by atoms with Gasteiger partial charge in [-0.3, -0.25) is 9.78 Å². The fourth-order valence-corrected chi connectivity index (χ4v) is 2.90. The minimum Gasteiger partial charge on any atom is -0.492 e. The zero-order chi connectivity index (χ0) is 20.3. The number of hydrogen-bond acceptors (Lipinski definition) is 5. The summed E-state index contributed by atoms with van der Waals surface area (Å²) >= 11 is 5.85. The van der Waals surface area contributed by atoms with E-state index >= 15 is 0 Å². The number of pyridine rings is 1. The Morgan fingerprint density at radius 2 is 2.14 bits per heavy atom. The monoisotopic (exact) mass is 398 g/mol. The maximum absolute atomic E-state index is 13.5. The molecule has 0 atom stereocenters. The van der Waals surface area contributed by atoms with E-state index in [0.717, 1.165) is 0 Å². The van der Waals surface area contributed by atoms with Crippen molar-refractivity contribution in [1.82, 2.24) is 4.98 Å². The number of hydrogen-bond donors (Lipinski definition) is 2. The number of nitriles is 1. The van der Waals surface area contributed by atoms with E-state index in [1.54, 1.807) is 12.1 Å². The molecule has 0 aliphatic carbocycles. The average molecular weight is 399 g/mol. The summed E-state index contributed by atoms with van der Waals surface area (Å²) in [6.07, 6.45) is 1.43. The molecule has 3 aromatic rings. The molecule has 2 aromatic carbocycles. The third-order valence-corrected chi connectivity index (χ3v) is 4.18. The molecule has 0 aliphatic rings. The topological polar surface area (TPSA) is 87.0 Å². The first-order valence-electron chi connectivity index (χ1n) is 8.42. The quantitative estimate of drug-likeness (QED) is 0.631. The molecule has 1 aromatic heterocycles. The van der Waals surface area contributed by atoms with Crippen LogP contribution in [-0.2, 0) is 4.79 Å². The van der Waals surface area contributed by atoms with Crippen LogP contribution in [0.5, 0.6) is 5.75 Å². The number of nitrogens with one attached hydrogen (secondary N) is 2. The second kappa shape index (κ2) is 8.11. The minimum atomic E-state index is -0.540. The van der Waals surface area contributed by atoms with Crippen LogP contribution in [0.4, 0.5) is 21.5 Å². The number of rotatable bonds is 5. The van der Waals surface area contributed by atoms with Crippen molar-refractivity contribution in [2.75, 3.05) is 17.2 Å². The highest BCUT2D eigenvalue weighted by Gasteiger charge is 2.15. The van der Waals surface area contributed by atoms with Crippen LogP contribution in [0.15, 0.2) is 36.5 Å². The van der Waals surface area contributed by atoms with Crippen molar-refractivity contribution in [1.29, 1.82) is 5.26 Å². The Labute approximate surface area is 165 Å². The zero-order valence-electron chi connectivity index (χ0n) is 15.1. The van der Waals surface area contributed by atoms with Crippen LogP contribution >= 0.6 is 11.6 Å². The molecule has 0 bridgehead atoms. The molecule has 28 heavy (non-hydrogen) atoms. The summed E-state index contributed by atoms with van der Waals surface area (Å²) < 4.78 is 19.0. The molecule has 0 saturated heterocycles. The summed E-state index contributed by atoms with van der Waals surface area (Å²) in [7, 11) is 0. The Bertz CT molecular complexity index is 1110. The lowest BCUT2D eigenvalue weighted by Gasteiger charge is -2.16. The smallest absolute Gasteiger partial charge is 0.221 e. The van der Waals surface area contributed by atoms with Crippen molar-refractivity contribution in [3.8, 4) is 11.8 Å². The van der Waals surface area contributed by atoms with Gasteiger partial charge < -0.3 is 15.4 Å². The number of carbonyl (C=O) groups excluding carboxylic acids is 1. The SMILES string of the molecule is CCOc1cc2ncc(C#N)c(Nc3ccc(F)c(Cl)c3)c2cc1NC(C)=O. The molecule has 1 amide bonds. The molecular formula is C20H16ClFN4O2. The molecule has 0 spiro atoms. The lowest BCUT2D eigenvalue weighted by atomic mass is 10.1. The first kappa shape index (κ1) is 19.4. The van der Waals surface area contributed by atoms with Crippen LogP contribution in [0.2, 0.25) is 5.02 Å². The van der Waals surface area contributed by atoms with Crippen LogP contribution in [0, 0.1) is 17.1 Å². The summed E-state index contributed by atoms with van der Waals surface area (Å²) in [5.74, 6) is -0.329. The van der Waals surface area contributed by atoms with E-state index in [1.165, 1.54) is 31.3 Å². The van der Waals surface area contributed by atoms with Crippen molar-refractivity contribution >= 4 is 45.5 Å². The molecule has 8 heteroatoms. The molecule has 3 rings (SSSR count). The molecule has 0 unspecified atom stereocenters. The fourth-order valence-electron chi connectivity index (χ4n) is 2.72. The normalized spacial score (nSPS) is 10.4. The van der Waals surface area contributed by atoms with Crippen molar-refractivity contribution in [3.05, 3.63) is 52.9 Å². The highest BCUT2D eigenvalue weighted by atomic mass is 35.5. The number of carbonyl (C=O) groups is 1. The summed E-state index contributed by atoms with van der Waals surface area (Å²) in [5, 5.41) is 15.9. The second-order valence-electron chi connectivity index (χ2n) is 5.89. The lowest BCUT2D eigenvalue weighted by Crippen LogP contribution is -2.08. The first-order valence-corrected chi connectivity index (χ1v) is 8.80. The van der Waals surface area contributed by atoms with Gasteiger partial charge >= 0.3 is 0 Å². The fraction of sp³-hybridized carbons (Fsp3) is 0.150. The van der Waals surface area contributed by atoms with Gasteiger partial charge in [0.1, 0.15) is 17.6 Å². The van der Waals surface area contributed by atoms with Gasteiger partial charge in [-0.2, -0.15) is 5.26 Å². The maximum atomic E-state index is 13.5. The van der Waals surface area contributed by atoms with Gasteiger partial charge in [0.25, 0.3) is 0 Å². The number of benzene rings is 2. The number of amides is 1. The molecular weight excluding hydrogens is 383 g/mol. The van der Waals surface area contributed by atoms with Gasteiger partial charge in [-0.25, -0.2) is 4.39 Å². The molecule has 0 radical (unpaired) electrons. The van der Waals surface area contributed by atoms with E-state index in [-0.39, 0.29) is 16.5 Å². The van der Waals surface area contributed by atoms with Crippen molar-refractivity contribution in [3.63, 3.8) is 0 Å². The largest absolute Gasteiger partial charge is 0.492 e. The van der Waals surface area contributed by atoms with E-state index in [2.05, 4.69) is 21.7 Å². The van der Waals surface area contributed by atoms with E-state index in [4.69, 9.17) is 16.3 Å². The number of nitrogens with zero attached hydrogens (tertiary/aromatic N) is 2. The predicted molar refractivity (Wildman–Crippen MR) is 107 cm³/mol. The minimum absolute atomic E-state index is 0.0422. The molecule has 0 aliphatic heterocycles. The van der Waals surface area contributed by atoms with Gasteiger partial charge in [-0.1, -0.05) is 11.6 Å². The van der Waals surface area contributed by atoms with E-state index < -0.39 is 5.82 Å². The Hall–Kier alpha value is -3.37. The Morgan fingerprint density at radius 1 is 1.36 bits per heavy atom. The summed E-state index contributed by atoms with van der Waals surface area (Å²) in [4.78, 5) is 15.9. The van der Waals surface area contributed by atoms with Gasteiger partial charge in [0.05, 0.1) is 34.1 Å². The molecule has 0 fully saturated rings. The van der Waals surface area contributed by atoms with Gasteiger partial charge in [0.2, 0.25) is 5.91 Å². The van der Waals surface area contributed by atoms with Crippen LogP contribution < -0.4 is 15.4 Å². The lowest BCUT2D eigenvalue weighted by molar-refractivity contribution is -0.114. The average Bonchev–Trinajstić information content (AvgIpc) is 2.65. The molecule has 1 heterocycles. The molecule has 0 saturated carbocycles. The number of halogens is 2. The number of anilines is 3. The standard InChI is InChI=1S/C20H16ClFN4O2/c1-3-28-19-8-17-14(7-18(19)25-11(2)27)20(12(9-23)10-24-17)26-13-4-5-16(22)15(21)6-13/h4-8,10H,3H2,1-2H3,(H,24,26)(H,25,27). The highest BCUT2D eigenvalue weighted by molar-refractivity contribution is 6.31. The summed E-state index contributed by atoms with van der Waals surface area (Å²) in [5.41, 5.74) is 2.27.